The zero-order valence-electron chi connectivity index (χ0n) is 21.7. The fourth-order valence-electron chi connectivity index (χ4n) is 9.13. The van der Waals surface area contributed by atoms with Gasteiger partial charge in [0.2, 0.25) is 0 Å². The number of furan rings is 1. The number of epoxide rings is 1. The molecule has 3 aliphatic heterocycles. The van der Waals surface area contributed by atoms with Crippen molar-refractivity contribution in [2.45, 2.75) is 90.3 Å². The highest BCUT2D eigenvalue weighted by atomic mass is 16.7. The van der Waals surface area contributed by atoms with Crippen LogP contribution in [0.4, 0.5) is 0 Å². The maximum atomic E-state index is 13.3. The van der Waals surface area contributed by atoms with Gasteiger partial charge in [-0.1, -0.05) is 26.8 Å². The minimum Gasteiger partial charge on any atom is -0.472 e. The molecule has 5 aliphatic rings. The third-order valence-electron chi connectivity index (χ3n) is 10.5. The minimum absolute atomic E-state index is 0.0490. The number of rotatable bonds is 2. The van der Waals surface area contributed by atoms with Crippen molar-refractivity contribution in [2.24, 2.45) is 28.1 Å². The van der Waals surface area contributed by atoms with Crippen LogP contribution in [0.15, 0.2) is 35.2 Å². The van der Waals surface area contributed by atoms with Crippen LogP contribution >= 0.6 is 0 Å². The molecule has 9 atom stereocenters. The van der Waals surface area contributed by atoms with Gasteiger partial charge in [0.05, 0.1) is 12.5 Å². The quantitative estimate of drug-likeness (QED) is 0.338. The Morgan fingerprint density at radius 3 is 2.50 bits per heavy atom. The monoisotopic (exact) mass is 498 g/mol. The van der Waals surface area contributed by atoms with Crippen LogP contribution in [0, 0.1) is 28.1 Å². The van der Waals surface area contributed by atoms with E-state index >= 15 is 0 Å². The zero-order valence-corrected chi connectivity index (χ0v) is 21.7. The number of hydrogen-bond donors (Lipinski definition) is 0. The summed E-state index contributed by atoms with van der Waals surface area (Å²) in [6.45, 7) is 11.7. The molecule has 8 nitrogen and oxygen atoms in total. The predicted molar refractivity (Wildman–Crippen MR) is 125 cm³/mol. The summed E-state index contributed by atoms with van der Waals surface area (Å²) in [7, 11) is 0. The van der Waals surface area contributed by atoms with Crippen molar-refractivity contribution in [3.8, 4) is 0 Å². The minimum atomic E-state index is -0.899. The Balaban J connectivity index is 1.55. The third kappa shape index (κ3) is 2.66. The molecule has 0 amide bonds. The molecule has 8 heteroatoms. The van der Waals surface area contributed by atoms with E-state index in [4.69, 9.17) is 23.4 Å². The molecule has 36 heavy (non-hydrogen) atoms. The smallest absolute Gasteiger partial charge is 0.339 e. The standard InChI is InChI=1S/C28H34O8/c1-15(29)33-19-13-18-24(2,3)35-20(30)8-10-25(18,4)17-7-11-26(5)21(16-9-12-32-14-16)34-23(31)22-28(26,36-22)27(17,19)6/h8-10,12,14,17-19,21-22H,7,11,13H2,1-6H3/t17-,18+,19+,21+,22-,25-,26+,27+,28-/m1/s1. The summed E-state index contributed by atoms with van der Waals surface area (Å²) < 4.78 is 29.8. The molecule has 1 aromatic rings. The van der Waals surface area contributed by atoms with Gasteiger partial charge in [0.25, 0.3) is 0 Å². The first-order chi connectivity index (χ1) is 16.8. The van der Waals surface area contributed by atoms with Crippen molar-refractivity contribution in [3.05, 3.63) is 36.3 Å². The Labute approximate surface area is 210 Å². The van der Waals surface area contributed by atoms with Gasteiger partial charge in [-0.3, -0.25) is 4.79 Å². The van der Waals surface area contributed by atoms with E-state index in [1.54, 1.807) is 12.5 Å². The molecule has 0 bridgehead atoms. The van der Waals surface area contributed by atoms with Crippen molar-refractivity contribution in [1.29, 1.82) is 0 Å². The van der Waals surface area contributed by atoms with Gasteiger partial charge in [-0.05, 0) is 50.5 Å². The molecule has 194 valence electrons. The average molecular weight is 499 g/mol. The molecule has 6 rings (SSSR count). The second-order valence-corrected chi connectivity index (χ2v) is 12.5. The molecule has 2 saturated carbocycles. The number of fused-ring (bicyclic) bond motifs is 3. The van der Waals surface area contributed by atoms with Crippen molar-refractivity contribution in [3.63, 3.8) is 0 Å². The highest BCUT2D eigenvalue weighted by Gasteiger charge is 2.88. The number of hydrogen-bond acceptors (Lipinski definition) is 8. The number of cyclic esters (lactones) is 2. The van der Waals surface area contributed by atoms with Crippen LogP contribution in [0.1, 0.15) is 72.5 Å². The van der Waals surface area contributed by atoms with Crippen molar-refractivity contribution >= 4 is 17.9 Å². The third-order valence-corrected chi connectivity index (χ3v) is 10.5. The van der Waals surface area contributed by atoms with E-state index in [1.807, 2.05) is 26.0 Å². The maximum absolute atomic E-state index is 13.3. The van der Waals surface area contributed by atoms with Crippen LogP contribution in [-0.2, 0) is 33.3 Å². The topological polar surface area (TPSA) is 105 Å². The molecule has 4 heterocycles. The van der Waals surface area contributed by atoms with Gasteiger partial charge in [-0.2, -0.15) is 0 Å². The summed E-state index contributed by atoms with van der Waals surface area (Å²) in [6.07, 6.45) is 6.89. The van der Waals surface area contributed by atoms with Gasteiger partial charge in [0, 0.05) is 35.3 Å². The van der Waals surface area contributed by atoms with Crippen LogP contribution in [0.25, 0.3) is 0 Å². The van der Waals surface area contributed by atoms with Gasteiger partial charge in [0.1, 0.15) is 23.4 Å². The van der Waals surface area contributed by atoms with Crippen LogP contribution in [0.5, 0.6) is 0 Å². The number of ether oxygens (including phenoxy) is 4. The van der Waals surface area contributed by atoms with Crippen LogP contribution < -0.4 is 0 Å². The lowest BCUT2D eigenvalue weighted by molar-refractivity contribution is -0.257. The lowest BCUT2D eigenvalue weighted by atomic mass is 9.37. The van der Waals surface area contributed by atoms with Gasteiger partial charge in [-0.25, -0.2) is 9.59 Å². The van der Waals surface area contributed by atoms with Crippen LogP contribution in [-0.4, -0.2) is 41.3 Å². The summed E-state index contributed by atoms with van der Waals surface area (Å²) >= 11 is 0. The maximum Gasteiger partial charge on any atom is 0.339 e. The van der Waals surface area contributed by atoms with Crippen LogP contribution in [0.2, 0.25) is 0 Å². The van der Waals surface area contributed by atoms with E-state index in [0.29, 0.717) is 6.42 Å². The van der Waals surface area contributed by atoms with Gasteiger partial charge >= 0.3 is 17.9 Å². The molecule has 1 aromatic heterocycles. The molecule has 2 saturated heterocycles. The molecule has 0 N–H and O–H groups in total. The zero-order chi connectivity index (χ0) is 25.9. The molecule has 2 aliphatic carbocycles. The molecule has 0 radical (unpaired) electrons. The molecule has 4 fully saturated rings. The SMILES string of the molecule is CC(=O)O[C@H]1C[C@H]2C(C)(C)OC(=O)C=C[C@]2(C)[C@H]2CC[C@@]3(C)[C@H](c4ccoc4)OC(=O)[C@H]4O[C@]43[C@]12C. The second-order valence-electron chi connectivity index (χ2n) is 12.5. The molecule has 0 unspecified atom stereocenters. The van der Waals surface area contributed by atoms with E-state index in [-0.39, 0.29) is 23.8 Å². The Kier molecular flexibility index (Phi) is 4.64. The van der Waals surface area contributed by atoms with Crippen molar-refractivity contribution in [1.82, 2.24) is 0 Å². The molecular weight excluding hydrogens is 464 g/mol. The fourth-order valence-corrected chi connectivity index (χ4v) is 9.13. The summed E-state index contributed by atoms with van der Waals surface area (Å²) in [5, 5.41) is 0. The Bertz CT molecular complexity index is 1170. The first-order valence-corrected chi connectivity index (χ1v) is 12.8. The summed E-state index contributed by atoms with van der Waals surface area (Å²) in [5.74, 6) is -1.31. The summed E-state index contributed by atoms with van der Waals surface area (Å²) in [5.41, 5.74) is -2.64. The van der Waals surface area contributed by atoms with Crippen molar-refractivity contribution < 1.29 is 37.7 Å². The Hall–Kier alpha value is -2.61. The normalized spacial score (nSPS) is 48.2. The number of carbonyl (C=O) groups is 3. The first kappa shape index (κ1) is 23.8. The Morgan fingerprint density at radius 2 is 1.83 bits per heavy atom. The highest BCUT2D eigenvalue weighted by molar-refractivity contribution is 5.83. The van der Waals surface area contributed by atoms with Crippen LogP contribution in [0.3, 0.4) is 0 Å². The Morgan fingerprint density at radius 1 is 1.08 bits per heavy atom. The highest BCUT2D eigenvalue weighted by Crippen LogP contribution is 2.79. The second kappa shape index (κ2) is 7.03. The van der Waals surface area contributed by atoms with Gasteiger partial charge in [-0.15, -0.1) is 0 Å². The van der Waals surface area contributed by atoms with E-state index < -0.39 is 51.7 Å². The average Bonchev–Trinajstić information content (AvgIpc) is 3.38. The molecule has 0 aromatic carbocycles. The number of carbonyl (C=O) groups excluding carboxylic acids is 3. The lowest BCUT2D eigenvalue weighted by Gasteiger charge is -2.67. The lowest BCUT2D eigenvalue weighted by Crippen LogP contribution is -2.72. The van der Waals surface area contributed by atoms with Crippen molar-refractivity contribution in [2.75, 3.05) is 0 Å². The van der Waals surface area contributed by atoms with E-state index in [1.165, 1.54) is 13.0 Å². The van der Waals surface area contributed by atoms with Gasteiger partial charge in [0.15, 0.2) is 6.10 Å². The first-order valence-electron chi connectivity index (χ1n) is 12.8. The largest absolute Gasteiger partial charge is 0.472 e. The predicted octanol–water partition coefficient (Wildman–Crippen LogP) is 4.29. The number of esters is 3. The van der Waals surface area contributed by atoms with Gasteiger partial charge < -0.3 is 23.4 Å². The van der Waals surface area contributed by atoms with E-state index in [9.17, 15) is 14.4 Å². The summed E-state index contributed by atoms with van der Waals surface area (Å²) in [4.78, 5) is 38.3. The summed E-state index contributed by atoms with van der Waals surface area (Å²) in [6, 6.07) is 1.83. The molecular formula is C28H34O8. The fraction of sp³-hybridized carbons (Fsp3) is 0.679. The number of allylic oxidation sites excluding steroid dienone is 1. The molecule has 1 spiro atoms. The van der Waals surface area contributed by atoms with E-state index in [0.717, 1.165) is 18.4 Å². The van der Waals surface area contributed by atoms with E-state index in [2.05, 4.69) is 20.8 Å².